The number of hydrogen-bond acceptors (Lipinski definition) is 3. The predicted molar refractivity (Wildman–Crippen MR) is 82.4 cm³/mol. The number of piperidine rings is 1. The smallest absolute Gasteiger partial charge is 0.255 e. The first-order valence-corrected chi connectivity index (χ1v) is 7.40. The summed E-state index contributed by atoms with van der Waals surface area (Å²) in [6.45, 7) is 5.03. The fourth-order valence-electron chi connectivity index (χ4n) is 2.90. The summed E-state index contributed by atoms with van der Waals surface area (Å²) in [5, 5.41) is 10.7. The van der Waals surface area contributed by atoms with Crippen LogP contribution in [0.5, 0.6) is 0 Å². The lowest BCUT2D eigenvalue weighted by Gasteiger charge is -2.30. The molecule has 1 unspecified atom stereocenters. The van der Waals surface area contributed by atoms with Gasteiger partial charge in [-0.3, -0.25) is 9.78 Å². The van der Waals surface area contributed by atoms with Crippen LogP contribution in [0.1, 0.15) is 34.5 Å². The summed E-state index contributed by atoms with van der Waals surface area (Å²) in [5.74, 6) is -0.0266. The number of likely N-dealkylation sites (tertiary alicyclic amines) is 1. The largest absolute Gasteiger partial charge is 0.391 e. The third-order valence-electron chi connectivity index (χ3n) is 4.08. The van der Waals surface area contributed by atoms with Gasteiger partial charge >= 0.3 is 0 Å². The minimum absolute atomic E-state index is 0.0266. The van der Waals surface area contributed by atoms with Gasteiger partial charge in [0.25, 0.3) is 5.91 Å². The fraction of sp³-hybridized carbons (Fsp3) is 0.412. The van der Waals surface area contributed by atoms with E-state index in [0.717, 1.165) is 35.0 Å². The molecular formula is C17H20N2O2. The molecule has 1 amide bonds. The highest BCUT2D eigenvalue weighted by molar-refractivity contribution is 5.98. The summed E-state index contributed by atoms with van der Waals surface area (Å²) in [4.78, 5) is 18.9. The number of fused-ring (bicyclic) bond motifs is 1. The summed E-state index contributed by atoms with van der Waals surface area (Å²) in [6.07, 6.45) is 1.23. The minimum atomic E-state index is -0.404. The van der Waals surface area contributed by atoms with Crippen LogP contribution in [0, 0.1) is 13.8 Å². The number of hydrogen-bond donors (Lipinski definition) is 1. The van der Waals surface area contributed by atoms with Gasteiger partial charge in [-0.25, -0.2) is 0 Å². The Morgan fingerprint density at radius 1 is 1.33 bits per heavy atom. The zero-order chi connectivity index (χ0) is 15.0. The highest BCUT2D eigenvalue weighted by atomic mass is 16.3. The third-order valence-corrected chi connectivity index (χ3v) is 4.08. The van der Waals surface area contributed by atoms with Gasteiger partial charge in [0, 0.05) is 18.5 Å². The van der Waals surface area contributed by atoms with Gasteiger partial charge in [-0.1, -0.05) is 12.1 Å². The Kier molecular flexibility index (Phi) is 3.64. The Balaban J connectivity index is 1.97. The molecule has 4 heteroatoms. The topological polar surface area (TPSA) is 53.4 Å². The second kappa shape index (κ2) is 5.45. The van der Waals surface area contributed by atoms with Crippen molar-refractivity contribution in [3.63, 3.8) is 0 Å². The second-order valence-electron chi connectivity index (χ2n) is 5.86. The Morgan fingerprint density at radius 3 is 2.90 bits per heavy atom. The Hall–Kier alpha value is -1.94. The van der Waals surface area contributed by atoms with Gasteiger partial charge < -0.3 is 10.0 Å². The highest BCUT2D eigenvalue weighted by Gasteiger charge is 2.24. The van der Waals surface area contributed by atoms with E-state index in [-0.39, 0.29) is 5.91 Å². The first kappa shape index (κ1) is 14.0. The number of aliphatic hydroxyl groups excluding tert-OH is 1. The molecule has 3 rings (SSSR count). The summed E-state index contributed by atoms with van der Waals surface area (Å²) >= 11 is 0. The van der Waals surface area contributed by atoms with Gasteiger partial charge in [0.05, 0.1) is 22.9 Å². The van der Waals surface area contributed by atoms with E-state index >= 15 is 0 Å². The predicted octanol–water partition coefficient (Wildman–Crippen LogP) is 2.45. The fourth-order valence-corrected chi connectivity index (χ4v) is 2.90. The molecule has 1 atom stereocenters. The molecule has 110 valence electrons. The summed E-state index contributed by atoms with van der Waals surface area (Å²) in [5.41, 5.74) is 3.47. The van der Waals surface area contributed by atoms with Gasteiger partial charge in [0.1, 0.15) is 0 Å². The standard InChI is InChI=1S/C17H20N2O2/c1-11-5-6-13-9-15(12(2)18-16(13)8-11)17(21)19-7-3-4-14(20)10-19/h5-6,8-9,14,20H,3-4,7,10H2,1-2H3. The molecule has 0 spiro atoms. The van der Waals surface area contributed by atoms with E-state index in [0.29, 0.717) is 18.7 Å². The maximum Gasteiger partial charge on any atom is 0.255 e. The molecule has 0 saturated carbocycles. The molecular weight excluding hydrogens is 264 g/mol. The zero-order valence-corrected chi connectivity index (χ0v) is 12.5. The lowest BCUT2D eigenvalue weighted by atomic mass is 10.0. The van der Waals surface area contributed by atoms with Crippen LogP contribution in [0.2, 0.25) is 0 Å². The molecule has 1 aromatic heterocycles. The summed E-state index contributed by atoms with van der Waals surface area (Å²) < 4.78 is 0. The number of carbonyl (C=O) groups excluding carboxylic acids is 1. The lowest BCUT2D eigenvalue weighted by molar-refractivity contribution is 0.0473. The molecule has 2 aromatic rings. The molecule has 1 saturated heterocycles. The van der Waals surface area contributed by atoms with E-state index in [1.54, 1.807) is 4.90 Å². The number of amides is 1. The number of pyridine rings is 1. The van der Waals surface area contributed by atoms with Crippen molar-refractivity contribution in [1.29, 1.82) is 0 Å². The van der Waals surface area contributed by atoms with Crippen molar-refractivity contribution >= 4 is 16.8 Å². The van der Waals surface area contributed by atoms with Crippen molar-refractivity contribution in [1.82, 2.24) is 9.88 Å². The number of rotatable bonds is 1. The molecule has 1 aromatic carbocycles. The number of aryl methyl sites for hydroxylation is 2. The molecule has 0 aliphatic carbocycles. The average molecular weight is 284 g/mol. The first-order chi connectivity index (χ1) is 10.0. The SMILES string of the molecule is Cc1ccc2cc(C(=O)N3CCCC(O)C3)c(C)nc2c1. The molecule has 1 fully saturated rings. The maximum absolute atomic E-state index is 12.7. The van der Waals surface area contributed by atoms with E-state index in [4.69, 9.17) is 0 Å². The molecule has 1 N–H and O–H groups in total. The summed E-state index contributed by atoms with van der Waals surface area (Å²) in [7, 11) is 0. The average Bonchev–Trinajstić information content (AvgIpc) is 2.45. The molecule has 1 aliphatic heterocycles. The molecule has 0 radical (unpaired) electrons. The summed E-state index contributed by atoms with van der Waals surface area (Å²) in [6, 6.07) is 7.97. The Morgan fingerprint density at radius 2 is 2.14 bits per heavy atom. The van der Waals surface area contributed by atoms with Gasteiger partial charge in [-0.15, -0.1) is 0 Å². The molecule has 4 nitrogen and oxygen atoms in total. The lowest BCUT2D eigenvalue weighted by Crippen LogP contribution is -2.42. The van der Waals surface area contributed by atoms with Gasteiger partial charge in [0.2, 0.25) is 0 Å². The number of aromatic nitrogens is 1. The van der Waals surface area contributed by atoms with Crippen LogP contribution in [-0.2, 0) is 0 Å². The normalized spacial score (nSPS) is 19.0. The Labute approximate surface area is 124 Å². The molecule has 2 heterocycles. The number of β-amino-alcohol motifs (C(OH)–C–C–N with tert-alkyl or cyclic N) is 1. The van der Waals surface area contributed by atoms with Crippen LogP contribution < -0.4 is 0 Å². The minimum Gasteiger partial charge on any atom is -0.391 e. The number of carbonyl (C=O) groups is 1. The quantitative estimate of drug-likeness (QED) is 0.875. The number of nitrogens with zero attached hydrogens (tertiary/aromatic N) is 2. The van der Waals surface area contributed by atoms with Crippen molar-refractivity contribution in [2.45, 2.75) is 32.8 Å². The van der Waals surface area contributed by atoms with Gasteiger partial charge in [0.15, 0.2) is 0 Å². The second-order valence-corrected chi connectivity index (χ2v) is 5.86. The zero-order valence-electron chi connectivity index (χ0n) is 12.5. The van der Waals surface area contributed by atoms with Crippen molar-refractivity contribution in [2.24, 2.45) is 0 Å². The Bertz CT molecular complexity index is 696. The van der Waals surface area contributed by atoms with Crippen molar-refractivity contribution < 1.29 is 9.90 Å². The first-order valence-electron chi connectivity index (χ1n) is 7.40. The van der Waals surface area contributed by atoms with Crippen LogP contribution >= 0.6 is 0 Å². The van der Waals surface area contributed by atoms with Crippen LogP contribution in [-0.4, -0.2) is 40.1 Å². The molecule has 1 aliphatic rings. The maximum atomic E-state index is 12.7. The molecule has 21 heavy (non-hydrogen) atoms. The van der Waals surface area contributed by atoms with E-state index in [2.05, 4.69) is 4.98 Å². The van der Waals surface area contributed by atoms with E-state index in [1.807, 2.05) is 38.1 Å². The van der Waals surface area contributed by atoms with Crippen molar-refractivity contribution in [3.8, 4) is 0 Å². The number of benzene rings is 1. The van der Waals surface area contributed by atoms with E-state index < -0.39 is 6.10 Å². The highest BCUT2D eigenvalue weighted by Crippen LogP contribution is 2.21. The van der Waals surface area contributed by atoms with Gasteiger partial charge in [-0.2, -0.15) is 0 Å². The van der Waals surface area contributed by atoms with Crippen LogP contribution in [0.15, 0.2) is 24.3 Å². The monoisotopic (exact) mass is 284 g/mol. The third kappa shape index (κ3) is 2.76. The van der Waals surface area contributed by atoms with Crippen molar-refractivity contribution in [3.05, 3.63) is 41.1 Å². The molecule has 0 bridgehead atoms. The van der Waals surface area contributed by atoms with Crippen LogP contribution in [0.3, 0.4) is 0 Å². The van der Waals surface area contributed by atoms with Crippen molar-refractivity contribution in [2.75, 3.05) is 13.1 Å². The van der Waals surface area contributed by atoms with Gasteiger partial charge in [-0.05, 0) is 44.4 Å². The van der Waals surface area contributed by atoms with Crippen LogP contribution in [0.4, 0.5) is 0 Å². The van der Waals surface area contributed by atoms with E-state index in [9.17, 15) is 9.90 Å². The van der Waals surface area contributed by atoms with Crippen LogP contribution in [0.25, 0.3) is 10.9 Å². The van der Waals surface area contributed by atoms with E-state index in [1.165, 1.54) is 0 Å². The number of aliphatic hydroxyl groups is 1.